The molecule has 0 atom stereocenters. The third-order valence-corrected chi connectivity index (χ3v) is 4.23. The number of rotatable bonds is 4. The van der Waals surface area contributed by atoms with Crippen LogP contribution in [0.15, 0.2) is 12.3 Å². The molecule has 2 saturated heterocycles. The van der Waals surface area contributed by atoms with E-state index in [1.807, 2.05) is 0 Å². The van der Waals surface area contributed by atoms with Gasteiger partial charge in [0.2, 0.25) is 0 Å². The van der Waals surface area contributed by atoms with Crippen LogP contribution in [-0.2, 0) is 0 Å². The third kappa shape index (κ3) is 3.00. The van der Waals surface area contributed by atoms with Gasteiger partial charge >= 0.3 is 0 Å². The molecule has 0 saturated carbocycles. The van der Waals surface area contributed by atoms with E-state index < -0.39 is 0 Å². The maximum absolute atomic E-state index is 4.28. The van der Waals surface area contributed by atoms with Crippen molar-refractivity contribution >= 4 is 0 Å². The topological polar surface area (TPSA) is 6.48 Å². The van der Waals surface area contributed by atoms with Crippen molar-refractivity contribution in [2.45, 2.75) is 39.0 Å². The number of nitrogens with zero attached hydrogens (tertiary/aromatic N) is 2. The fourth-order valence-electron chi connectivity index (χ4n) is 3.00. The molecular formula is C14H26N2. The second-order valence-electron chi connectivity index (χ2n) is 5.34. The second-order valence-corrected chi connectivity index (χ2v) is 5.34. The van der Waals surface area contributed by atoms with Gasteiger partial charge in [0.1, 0.15) is 0 Å². The highest BCUT2D eigenvalue weighted by Gasteiger charge is 2.21. The van der Waals surface area contributed by atoms with E-state index in [1.54, 1.807) is 0 Å². The van der Waals surface area contributed by atoms with Crippen LogP contribution in [0.2, 0.25) is 0 Å². The summed E-state index contributed by atoms with van der Waals surface area (Å²) in [5.74, 6) is 0.899. The summed E-state index contributed by atoms with van der Waals surface area (Å²) in [6.45, 7) is 12.9. The molecular weight excluding hydrogens is 196 g/mol. The van der Waals surface area contributed by atoms with Crippen LogP contribution in [0.25, 0.3) is 0 Å². The maximum Gasteiger partial charge on any atom is 0.0175 e. The van der Waals surface area contributed by atoms with Crippen LogP contribution >= 0.6 is 0 Å². The lowest BCUT2D eigenvalue weighted by molar-refractivity contribution is 0.186. The van der Waals surface area contributed by atoms with Crippen molar-refractivity contribution in [3.8, 4) is 0 Å². The summed E-state index contributed by atoms with van der Waals surface area (Å²) in [4.78, 5) is 5.07. The minimum absolute atomic E-state index is 0.899. The first kappa shape index (κ1) is 12.0. The molecule has 0 N–H and O–H groups in total. The Balaban J connectivity index is 1.71. The highest BCUT2D eigenvalue weighted by atomic mass is 15.2. The van der Waals surface area contributed by atoms with Gasteiger partial charge in [-0.05, 0) is 57.7 Å². The zero-order valence-electron chi connectivity index (χ0n) is 10.7. The molecule has 0 aromatic heterocycles. The molecule has 92 valence electrons. The van der Waals surface area contributed by atoms with E-state index in [4.69, 9.17) is 0 Å². The van der Waals surface area contributed by atoms with Gasteiger partial charge in [-0.25, -0.2) is 0 Å². The Morgan fingerprint density at radius 1 is 1.12 bits per heavy atom. The normalized spacial score (nSPS) is 23.9. The molecule has 0 aromatic carbocycles. The summed E-state index contributed by atoms with van der Waals surface area (Å²) in [5.41, 5.74) is 1.41. The fraction of sp³-hybridized carbons (Fsp3) is 0.857. The monoisotopic (exact) mass is 222 g/mol. The van der Waals surface area contributed by atoms with Crippen LogP contribution in [-0.4, -0.2) is 42.5 Å². The number of hydrogen-bond acceptors (Lipinski definition) is 2. The smallest absolute Gasteiger partial charge is 0.0175 e. The Morgan fingerprint density at radius 2 is 1.75 bits per heavy atom. The molecule has 2 nitrogen and oxygen atoms in total. The van der Waals surface area contributed by atoms with E-state index in [0.29, 0.717) is 0 Å². The van der Waals surface area contributed by atoms with E-state index in [-0.39, 0.29) is 0 Å². The average molecular weight is 222 g/mol. The number of piperidine rings is 1. The van der Waals surface area contributed by atoms with Crippen LogP contribution < -0.4 is 0 Å². The van der Waals surface area contributed by atoms with Crippen LogP contribution in [0, 0.1) is 5.92 Å². The van der Waals surface area contributed by atoms with Gasteiger partial charge in [0, 0.05) is 18.8 Å². The Morgan fingerprint density at radius 3 is 2.31 bits per heavy atom. The first-order valence-electron chi connectivity index (χ1n) is 6.94. The van der Waals surface area contributed by atoms with Crippen molar-refractivity contribution in [3.05, 3.63) is 12.3 Å². The van der Waals surface area contributed by atoms with E-state index in [0.717, 1.165) is 5.92 Å². The fourth-order valence-corrected chi connectivity index (χ4v) is 3.00. The van der Waals surface area contributed by atoms with Gasteiger partial charge < -0.3 is 9.80 Å². The minimum atomic E-state index is 0.899. The standard InChI is InChI=1S/C14H26N2/c1-3-15-10-6-14(7-11-15)12-13(2)16-8-4-5-9-16/h14H,2-12H2,1H3. The zero-order chi connectivity index (χ0) is 11.4. The molecule has 2 aliphatic rings. The van der Waals surface area contributed by atoms with Gasteiger partial charge in [0.05, 0.1) is 0 Å². The lowest BCUT2D eigenvalue weighted by Gasteiger charge is -2.32. The molecule has 0 amide bonds. The summed E-state index contributed by atoms with van der Waals surface area (Å²) >= 11 is 0. The number of hydrogen-bond donors (Lipinski definition) is 0. The molecule has 16 heavy (non-hydrogen) atoms. The molecule has 2 aliphatic heterocycles. The first-order chi connectivity index (χ1) is 7.79. The van der Waals surface area contributed by atoms with Crippen molar-refractivity contribution in [1.82, 2.24) is 9.80 Å². The minimum Gasteiger partial charge on any atom is -0.375 e. The average Bonchev–Trinajstić information content (AvgIpc) is 2.83. The van der Waals surface area contributed by atoms with E-state index in [9.17, 15) is 0 Å². The molecule has 2 fully saturated rings. The van der Waals surface area contributed by atoms with E-state index in [2.05, 4.69) is 23.3 Å². The largest absolute Gasteiger partial charge is 0.375 e. The van der Waals surface area contributed by atoms with Crippen molar-refractivity contribution < 1.29 is 0 Å². The molecule has 0 radical (unpaired) electrons. The van der Waals surface area contributed by atoms with Gasteiger partial charge in [-0.15, -0.1) is 0 Å². The predicted molar refractivity (Wildman–Crippen MR) is 69.4 cm³/mol. The van der Waals surface area contributed by atoms with E-state index in [1.165, 1.54) is 70.5 Å². The van der Waals surface area contributed by atoms with Gasteiger partial charge in [0.25, 0.3) is 0 Å². The van der Waals surface area contributed by atoms with Crippen molar-refractivity contribution in [2.75, 3.05) is 32.7 Å². The number of likely N-dealkylation sites (tertiary alicyclic amines) is 2. The van der Waals surface area contributed by atoms with Crippen LogP contribution in [0.4, 0.5) is 0 Å². The maximum atomic E-state index is 4.28. The molecule has 2 heterocycles. The summed E-state index contributed by atoms with van der Waals surface area (Å²) in [7, 11) is 0. The summed E-state index contributed by atoms with van der Waals surface area (Å²) in [6.07, 6.45) is 6.74. The van der Waals surface area contributed by atoms with Gasteiger partial charge in [-0.2, -0.15) is 0 Å². The van der Waals surface area contributed by atoms with Gasteiger partial charge in [-0.3, -0.25) is 0 Å². The Kier molecular flexibility index (Phi) is 4.28. The van der Waals surface area contributed by atoms with Gasteiger partial charge in [-0.1, -0.05) is 13.5 Å². The molecule has 0 unspecified atom stereocenters. The van der Waals surface area contributed by atoms with Crippen LogP contribution in [0.5, 0.6) is 0 Å². The van der Waals surface area contributed by atoms with Crippen molar-refractivity contribution in [3.63, 3.8) is 0 Å². The molecule has 2 heteroatoms. The summed E-state index contributed by atoms with van der Waals surface area (Å²) < 4.78 is 0. The number of allylic oxidation sites excluding steroid dienone is 1. The Hall–Kier alpha value is -0.500. The molecule has 0 aromatic rings. The SMILES string of the molecule is C=C(CC1CCN(CC)CC1)N1CCCC1. The van der Waals surface area contributed by atoms with Crippen molar-refractivity contribution in [2.24, 2.45) is 5.92 Å². The molecule has 0 bridgehead atoms. The highest BCUT2D eigenvalue weighted by Crippen LogP contribution is 2.26. The Labute approximate surface area is 100 Å². The van der Waals surface area contributed by atoms with Crippen LogP contribution in [0.1, 0.15) is 39.0 Å². The molecule has 0 spiro atoms. The van der Waals surface area contributed by atoms with Gasteiger partial charge in [0.15, 0.2) is 0 Å². The molecule has 2 rings (SSSR count). The lowest BCUT2D eigenvalue weighted by atomic mass is 9.92. The Bertz CT molecular complexity index is 223. The predicted octanol–water partition coefficient (Wildman–Crippen LogP) is 2.72. The third-order valence-electron chi connectivity index (χ3n) is 4.23. The van der Waals surface area contributed by atoms with E-state index >= 15 is 0 Å². The first-order valence-corrected chi connectivity index (χ1v) is 6.94. The van der Waals surface area contributed by atoms with Crippen LogP contribution in [0.3, 0.4) is 0 Å². The second kappa shape index (κ2) is 5.72. The molecule has 0 aliphatic carbocycles. The van der Waals surface area contributed by atoms with Crippen molar-refractivity contribution in [1.29, 1.82) is 0 Å². The zero-order valence-corrected chi connectivity index (χ0v) is 10.7. The summed E-state index contributed by atoms with van der Waals surface area (Å²) in [6, 6.07) is 0. The lowest BCUT2D eigenvalue weighted by Crippen LogP contribution is -2.34. The highest BCUT2D eigenvalue weighted by molar-refractivity contribution is 4.98. The quantitative estimate of drug-likeness (QED) is 0.721. The summed E-state index contributed by atoms with van der Waals surface area (Å²) in [5, 5.41) is 0.